The van der Waals surface area contributed by atoms with Crippen LogP contribution in [0.2, 0.25) is 0 Å². The van der Waals surface area contributed by atoms with Crippen LogP contribution in [0, 0.1) is 13.8 Å². The number of benzene rings is 1. The van der Waals surface area contributed by atoms with Crippen LogP contribution in [0.25, 0.3) is 11.0 Å². The van der Waals surface area contributed by atoms with Crippen LogP contribution in [-0.4, -0.2) is 53.4 Å². The van der Waals surface area contributed by atoms with Crippen molar-refractivity contribution in [2.75, 3.05) is 36.5 Å². The highest BCUT2D eigenvalue weighted by Gasteiger charge is 2.24. The summed E-state index contributed by atoms with van der Waals surface area (Å²) in [7, 11) is 0. The van der Waals surface area contributed by atoms with Crippen molar-refractivity contribution >= 4 is 22.5 Å². The molecule has 1 saturated carbocycles. The second-order valence-corrected chi connectivity index (χ2v) is 8.88. The third-order valence-corrected chi connectivity index (χ3v) is 6.42. The zero-order chi connectivity index (χ0) is 21.9. The van der Waals surface area contributed by atoms with Gasteiger partial charge in [-0.1, -0.05) is 6.07 Å². The van der Waals surface area contributed by atoms with Gasteiger partial charge in [0.1, 0.15) is 17.1 Å². The Bertz CT molecular complexity index is 1080. The number of nitrogens with one attached hydrogen (secondary N) is 1. The maximum atomic E-state index is 6.53. The van der Waals surface area contributed by atoms with Crippen molar-refractivity contribution in [3.63, 3.8) is 0 Å². The molecule has 168 valence electrons. The maximum Gasteiger partial charge on any atom is 0.149 e. The molecule has 1 aromatic carbocycles. The standard InChI is InChI=1S/C25H31N5O2/c1-17-13-18(2)25(28-16-17)29-19-3-5-21(6-4-19)32-23-15-20(30-9-11-31-12-10-30)14-22-24(23)27-8-7-26-22/h7-8,13-16,19,21H,3-6,9-12H2,1-2H3,(H,28,29). The largest absolute Gasteiger partial charge is 0.488 e. The molecule has 0 radical (unpaired) electrons. The molecule has 3 aromatic rings. The molecule has 0 spiro atoms. The van der Waals surface area contributed by atoms with Gasteiger partial charge in [-0.05, 0) is 56.7 Å². The minimum Gasteiger partial charge on any atom is -0.488 e. The van der Waals surface area contributed by atoms with Crippen molar-refractivity contribution in [2.24, 2.45) is 0 Å². The first-order valence-electron chi connectivity index (χ1n) is 11.6. The Morgan fingerprint density at radius 2 is 1.75 bits per heavy atom. The second kappa shape index (κ2) is 9.28. The van der Waals surface area contributed by atoms with Crippen LogP contribution < -0.4 is 15.0 Å². The Kier molecular flexibility index (Phi) is 6.08. The van der Waals surface area contributed by atoms with Crippen molar-refractivity contribution in [2.45, 2.75) is 51.7 Å². The molecule has 0 atom stereocenters. The summed E-state index contributed by atoms with van der Waals surface area (Å²) in [5.74, 6) is 1.84. The molecular weight excluding hydrogens is 402 g/mol. The SMILES string of the molecule is Cc1cnc(NC2CCC(Oc3cc(N4CCOCC4)cc4nccnc34)CC2)c(C)c1. The molecule has 3 heterocycles. The van der Waals surface area contributed by atoms with Crippen molar-refractivity contribution in [1.82, 2.24) is 15.0 Å². The molecule has 5 rings (SSSR count). The minimum absolute atomic E-state index is 0.185. The zero-order valence-corrected chi connectivity index (χ0v) is 18.9. The van der Waals surface area contributed by atoms with Crippen molar-refractivity contribution in [1.29, 1.82) is 0 Å². The third kappa shape index (κ3) is 4.63. The number of aromatic nitrogens is 3. The summed E-state index contributed by atoms with van der Waals surface area (Å²) in [5.41, 5.74) is 5.24. The highest BCUT2D eigenvalue weighted by molar-refractivity contribution is 5.85. The van der Waals surface area contributed by atoms with Crippen LogP contribution in [0.3, 0.4) is 0 Å². The molecule has 1 aliphatic heterocycles. The van der Waals surface area contributed by atoms with E-state index in [2.05, 4.69) is 57.2 Å². The van der Waals surface area contributed by atoms with E-state index in [4.69, 9.17) is 9.47 Å². The fraction of sp³-hybridized carbons (Fsp3) is 0.480. The van der Waals surface area contributed by atoms with E-state index in [1.54, 1.807) is 12.4 Å². The molecule has 32 heavy (non-hydrogen) atoms. The maximum absolute atomic E-state index is 6.53. The number of pyridine rings is 1. The lowest BCUT2D eigenvalue weighted by atomic mass is 9.92. The summed E-state index contributed by atoms with van der Waals surface area (Å²) in [5, 5.41) is 3.63. The quantitative estimate of drug-likeness (QED) is 0.644. The molecule has 2 aliphatic rings. The summed E-state index contributed by atoms with van der Waals surface area (Å²) < 4.78 is 12.0. The Balaban J connectivity index is 1.27. The summed E-state index contributed by atoms with van der Waals surface area (Å²) >= 11 is 0. The number of morpholine rings is 1. The molecule has 1 aliphatic carbocycles. The lowest BCUT2D eigenvalue weighted by Crippen LogP contribution is -2.36. The van der Waals surface area contributed by atoms with Crippen LogP contribution in [-0.2, 0) is 4.74 Å². The van der Waals surface area contributed by atoms with Crippen LogP contribution in [0.1, 0.15) is 36.8 Å². The Labute approximate surface area is 189 Å². The minimum atomic E-state index is 0.185. The predicted molar refractivity (Wildman–Crippen MR) is 127 cm³/mol. The average Bonchev–Trinajstić information content (AvgIpc) is 2.82. The number of hydrogen-bond donors (Lipinski definition) is 1. The number of ether oxygens (including phenoxy) is 2. The molecular formula is C25H31N5O2. The van der Waals surface area contributed by atoms with E-state index in [1.807, 2.05) is 6.20 Å². The van der Waals surface area contributed by atoms with Crippen LogP contribution >= 0.6 is 0 Å². The highest BCUT2D eigenvalue weighted by atomic mass is 16.5. The molecule has 0 bridgehead atoms. The average molecular weight is 434 g/mol. The first-order chi connectivity index (χ1) is 15.7. The van der Waals surface area contributed by atoms with Gasteiger partial charge in [0.15, 0.2) is 0 Å². The van der Waals surface area contributed by atoms with Gasteiger partial charge in [-0.15, -0.1) is 0 Å². The Morgan fingerprint density at radius 1 is 0.969 bits per heavy atom. The van der Waals surface area contributed by atoms with Gasteiger partial charge in [-0.2, -0.15) is 0 Å². The third-order valence-electron chi connectivity index (χ3n) is 6.42. The number of fused-ring (bicyclic) bond motifs is 1. The van der Waals surface area contributed by atoms with Gasteiger partial charge in [-0.25, -0.2) is 9.97 Å². The van der Waals surface area contributed by atoms with Crippen LogP contribution in [0.15, 0.2) is 36.8 Å². The van der Waals surface area contributed by atoms with E-state index >= 15 is 0 Å². The fourth-order valence-corrected chi connectivity index (χ4v) is 4.69. The summed E-state index contributed by atoms with van der Waals surface area (Å²) in [6.07, 6.45) is 9.73. The number of nitrogens with zero attached hydrogens (tertiary/aromatic N) is 4. The lowest BCUT2D eigenvalue weighted by molar-refractivity contribution is 0.122. The predicted octanol–water partition coefficient (Wildman–Crippen LogP) is 4.28. The van der Waals surface area contributed by atoms with Gasteiger partial charge in [0, 0.05) is 49.5 Å². The van der Waals surface area contributed by atoms with E-state index < -0.39 is 0 Å². The van der Waals surface area contributed by atoms with Crippen molar-refractivity contribution in [3.8, 4) is 5.75 Å². The molecule has 7 nitrogen and oxygen atoms in total. The fourth-order valence-electron chi connectivity index (χ4n) is 4.69. The normalized spacial score (nSPS) is 21.5. The Morgan fingerprint density at radius 3 is 2.53 bits per heavy atom. The van der Waals surface area contributed by atoms with E-state index in [0.29, 0.717) is 6.04 Å². The van der Waals surface area contributed by atoms with Crippen molar-refractivity contribution < 1.29 is 9.47 Å². The highest BCUT2D eigenvalue weighted by Crippen LogP contribution is 2.33. The van der Waals surface area contributed by atoms with E-state index in [1.165, 1.54) is 11.1 Å². The molecule has 2 fully saturated rings. The summed E-state index contributed by atoms with van der Waals surface area (Å²) in [6, 6.07) is 6.85. The van der Waals surface area contributed by atoms with Gasteiger partial charge >= 0.3 is 0 Å². The monoisotopic (exact) mass is 433 g/mol. The first kappa shape index (κ1) is 20.9. The number of aryl methyl sites for hydroxylation is 2. The smallest absolute Gasteiger partial charge is 0.149 e. The van der Waals surface area contributed by atoms with E-state index in [9.17, 15) is 0 Å². The van der Waals surface area contributed by atoms with Gasteiger partial charge in [0.25, 0.3) is 0 Å². The lowest BCUT2D eigenvalue weighted by Gasteiger charge is -2.31. The molecule has 1 saturated heterocycles. The summed E-state index contributed by atoms with van der Waals surface area (Å²) in [4.78, 5) is 16.0. The van der Waals surface area contributed by atoms with Gasteiger partial charge < -0.3 is 19.7 Å². The number of rotatable bonds is 5. The second-order valence-electron chi connectivity index (χ2n) is 8.88. The van der Waals surface area contributed by atoms with Gasteiger partial charge in [0.2, 0.25) is 0 Å². The number of hydrogen-bond acceptors (Lipinski definition) is 7. The van der Waals surface area contributed by atoms with Gasteiger partial charge in [-0.3, -0.25) is 4.98 Å². The molecule has 0 amide bonds. The molecule has 0 unspecified atom stereocenters. The molecule has 1 N–H and O–H groups in total. The van der Waals surface area contributed by atoms with Crippen LogP contribution in [0.5, 0.6) is 5.75 Å². The molecule has 7 heteroatoms. The van der Waals surface area contributed by atoms with E-state index in [0.717, 1.165) is 80.3 Å². The van der Waals surface area contributed by atoms with E-state index in [-0.39, 0.29) is 6.10 Å². The van der Waals surface area contributed by atoms with Gasteiger partial charge in [0.05, 0.1) is 24.8 Å². The van der Waals surface area contributed by atoms with Crippen molar-refractivity contribution in [3.05, 3.63) is 47.9 Å². The topological polar surface area (TPSA) is 72.4 Å². The number of anilines is 2. The zero-order valence-electron chi connectivity index (χ0n) is 18.9. The van der Waals surface area contributed by atoms with Crippen LogP contribution in [0.4, 0.5) is 11.5 Å². The summed E-state index contributed by atoms with van der Waals surface area (Å²) in [6.45, 7) is 7.46. The molecule has 2 aromatic heterocycles. The first-order valence-corrected chi connectivity index (χ1v) is 11.6. The Hall–Kier alpha value is -2.93.